The van der Waals surface area contributed by atoms with Gasteiger partial charge in [-0.05, 0) is 43.1 Å². The largest absolute Gasteiger partial charge is 0.497 e. The Morgan fingerprint density at radius 2 is 1.90 bits per heavy atom. The number of likely N-dealkylation sites (tertiary alicyclic amines) is 1. The minimum atomic E-state index is 0.245. The molecule has 2 aliphatic heterocycles. The van der Waals surface area contributed by atoms with Crippen molar-refractivity contribution in [2.24, 2.45) is 0 Å². The lowest BCUT2D eigenvalue weighted by molar-refractivity contribution is -0.131. The summed E-state index contributed by atoms with van der Waals surface area (Å²) >= 11 is 0. The van der Waals surface area contributed by atoms with Crippen LogP contribution in [0.3, 0.4) is 0 Å². The van der Waals surface area contributed by atoms with Gasteiger partial charge in [0.25, 0.3) is 0 Å². The molecule has 0 bridgehead atoms. The van der Waals surface area contributed by atoms with Crippen molar-refractivity contribution in [2.75, 3.05) is 51.3 Å². The maximum atomic E-state index is 12.8. The van der Waals surface area contributed by atoms with Gasteiger partial charge in [0.05, 0.1) is 7.11 Å². The average molecular weight is 396 g/mol. The number of rotatable bonds is 6. The molecule has 7 nitrogen and oxygen atoms in total. The van der Waals surface area contributed by atoms with E-state index in [0.717, 1.165) is 57.4 Å². The van der Waals surface area contributed by atoms with Crippen LogP contribution in [0.25, 0.3) is 0 Å². The molecule has 0 radical (unpaired) electrons. The Hall–Kier alpha value is -2.67. The summed E-state index contributed by atoms with van der Waals surface area (Å²) in [5.41, 5.74) is 1.28. The van der Waals surface area contributed by atoms with Gasteiger partial charge in [-0.2, -0.15) is 0 Å². The number of nitrogens with zero attached hydrogens (tertiary/aromatic N) is 5. The third-order valence-electron chi connectivity index (χ3n) is 5.92. The summed E-state index contributed by atoms with van der Waals surface area (Å²) in [6.07, 6.45) is 6.40. The van der Waals surface area contributed by atoms with Crippen LogP contribution in [0.5, 0.6) is 5.75 Å². The van der Waals surface area contributed by atoms with Gasteiger partial charge in [-0.1, -0.05) is 12.1 Å². The number of aromatic nitrogens is 2. The van der Waals surface area contributed by atoms with Crippen LogP contribution in [-0.2, 0) is 4.79 Å². The highest BCUT2D eigenvalue weighted by atomic mass is 16.5. The number of amides is 1. The lowest BCUT2D eigenvalue weighted by Gasteiger charge is -2.35. The highest BCUT2D eigenvalue weighted by Crippen LogP contribution is 2.33. The molecule has 7 heteroatoms. The standard InChI is InChI=1S/C22H29N5O2/c1-29-19-6-2-5-18(17-19)20-7-3-11-25(20)12-8-21(28)26-13-15-27(16-14-26)22-23-9-4-10-24-22/h2,4-6,9-10,17,20H,3,7-8,11-16H2,1H3. The maximum absolute atomic E-state index is 12.8. The van der Waals surface area contributed by atoms with Crippen molar-refractivity contribution in [3.8, 4) is 5.75 Å². The molecule has 0 saturated carbocycles. The molecule has 2 aliphatic rings. The first kappa shape index (κ1) is 19.6. The SMILES string of the molecule is COc1cccc(C2CCCN2CCC(=O)N2CCN(c3ncccn3)CC2)c1. The van der Waals surface area contributed by atoms with E-state index in [1.54, 1.807) is 19.5 Å². The number of piperazine rings is 1. The fraction of sp³-hybridized carbons (Fsp3) is 0.500. The molecule has 0 spiro atoms. The number of hydrogen-bond donors (Lipinski definition) is 0. The Kier molecular flexibility index (Phi) is 6.24. The normalized spacial score (nSPS) is 20.1. The predicted molar refractivity (Wildman–Crippen MR) is 112 cm³/mol. The number of benzene rings is 1. The highest BCUT2D eigenvalue weighted by Gasteiger charge is 2.28. The monoisotopic (exact) mass is 395 g/mol. The molecule has 2 aromatic rings. The molecule has 1 unspecified atom stereocenters. The Labute approximate surface area is 172 Å². The molecule has 154 valence electrons. The van der Waals surface area contributed by atoms with Gasteiger partial charge >= 0.3 is 0 Å². The number of carbonyl (C=O) groups is 1. The van der Waals surface area contributed by atoms with Crippen LogP contribution in [0.1, 0.15) is 30.9 Å². The predicted octanol–water partition coefficient (Wildman–Crippen LogP) is 2.36. The molecule has 3 heterocycles. The smallest absolute Gasteiger partial charge is 0.225 e. The van der Waals surface area contributed by atoms with E-state index in [1.165, 1.54) is 12.0 Å². The summed E-state index contributed by atoms with van der Waals surface area (Å²) in [6.45, 7) is 4.89. The van der Waals surface area contributed by atoms with Crippen LogP contribution in [0, 0.1) is 0 Å². The Bertz CT molecular complexity index is 808. The van der Waals surface area contributed by atoms with Gasteiger partial charge in [0.15, 0.2) is 0 Å². The average Bonchev–Trinajstić information content (AvgIpc) is 3.27. The molecule has 29 heavy (non-hydrogen) atoms. The molecule has 4 rings (SSSR count). The summed E-state index contributed by atoms with van der Waals surface area (Å²) in [7, 11) is 1.70. The van der Waals surface area contributed by atoms with Crippen molar-refractivity contribution in [1.82, 2.24) is 19.8 Å². The van der Waals surface area contributed by atoms with Crippen molar-refractivity contribution >= 4 is 11.9 Å². The molecule has 1 aromatic carbocycles. The van der Waals surface area contributed by atoms with E-state index in [9.17, 15) is 4.79 Å². The van der Waals surface area contributed by atoms with Crippen molar-refractivity contribution in [3.05, 3.63) is 48.3 Å². The molecule has 1 aromatic heterocycles. The number of methoxy groups -OCH3 is 1. The van der Waals surface area contributed by atoms with Gasteiger partial charge in [0.2, 0.25) is 11.9 Å². The lowest BCUT2D eigenvalue weighted by atomic mass is 10.0. The van der Waals surface area contributed by atoms with E-state index >= 15 is 0 Å². The lowest BCUT2D eigenvalue weighted by Crippen LogP contribution is -2.49. The van der Waals surface area contributed by atoms with E-state index in [2.05, 4.69) is 31.9 Å². The molecular weight excluding hydrogens is 366 g/mol. The second-order valence-electron chi connectivity index (χ2n) is 7.64. The van der Waals surface area contributed by atoms with Crippen LogP contribution >= 0.6 is 0 Å². The number of ether oxygens (including phenoxy) is 1. The number of anilines is 1. The summed E-state index contributed by atoms with van der Waals surface area (Å²) < 4.78 is 5.38. The van der Waals surface area contributed by atoms with E-state index in [4.69, 9.17) is 4.74 Å². The second kappa shape index (κ2) is 9.22. The molecule has 0 N–H and O–H groups in total. The fourth-order valence-electron chi connectivity index (χ4n) is 4.33. The zero-order valence-corrected chi connectivity index (χ0v) is 17.0. The van der Waals surface area contributed by atoms with E-state index in [0.29, 0.717) is 12.5 Å². The molecule has 2 saturated heterocycles. The maximum Gasteiger partial charge on any atom is 0.225 e. The summed E-state index contributed by atoms with van der Waals surface area (Å²) in [6, 6.07) is 10.5. The van der Waals surface area contributed by atoms with E-state index < -0.39 is 0 Å². The zero-order valence-electron chi connectivity index (χ0n) is 17.0. The number of hydrogen-bond acceptors (Lipinski definition) is 6. The van der Waals surface area contributed by atoms with E-state index in [-0.39, 0.29) is 5.91 Å². The highest BCUT2D eigenvalue weighted by molar-refractivity contribution is 5.76. The minimum absolute atomic E-state index is 0.245. The molecule has 0 aliphatic carbocycles. The third kappa shape index (κ3) is 4.67. The van der Waals surface area contributed by atoms with Crippen LogP contribution < -0.4 is 9.64 Å². The second-order valence-corrected chi connectivity index (χ2v) is 7.64. The van der Waals surface area contributed by atoms with Crippen molar-refractivity contribution < 1.29 is 9.53 Å². The Morgan fingerprint density at radius 3 is 2.66 bits per heavy atom. The van der Waals surface area contributed by atoms with Crippen LogP contribution in [0.2, 0.25) is 0 Å². The molecular formula is C22H29N5O2. The number of carbonyl (C=O) groups excluding carboxylic acids is 1. The quantitative estimate of drug-likeness (QED) is 0.748. The van der Waals surface area contributed by atoms with Crippen LogP contribution in [0.4, 0.5) is 5.95 Å². The summed E-state index contributed by atoms with van der Waals surface area (Å²) in [4.78, 5) is 28.0. The van der Waals surface area contributed by atoms with Crippen molar-refractivity contribution in [3.63, 3.8) is 0 Å². The Morgan fingerprint density at radius 1 is 1.10 bits per heavy atom. The zero-order chi connectivity index (χ0) is 20.1. The van der Waals surface area contributed by atoms with Crippen LogP contribution in [-0.4, -0.2) is 72.1 Å². The van der Waals surface area contributed by atoms with Crippen molar-refractivity contribution in [2.45, 2.75) is 25.3 Å². The first-order chi connectivity index (χ1) is 14.2. The minimum Gasteiger partial charge on any atom is -0.497 e. The fourth-order valence-corrected chi connectivity index (χ4v) is 4.33. The Balaban J connectivity index is 1.28. The van der Waals surface area contributed by atoms with E-state index in [1.807, 2.05) is 23.1 Å². The first-order valence-electron chi connectivity index (χ1n) is 10.4. The third-order valence-corrected chi connectivity index (χ3v) is 5.92. The molecule has 1 amide bonds. The van der Waals surface area contributed by atoms with Gasteiger partial charge in [0.1, 0.15) is 5.75 Å². The van der Waals surface area contributed by atoms with Gasteiger partial charge in [0, 0.05) is 57.6 Å². The van der Waals surface area contributed by atoms with Gasteiger partial charge < -0.3 is 14.5 Å². The molecule has 2 fully saturated rings. The van der Waals surface area contributed by atoms with Crippen LogP contribution in [0.15, 0.2) is 42.7 Å². The molecule has 1 atom stereocenters. The van der Waals surface area contributed by atoms with Crippen molar-refractivity contribution in [1.29, 1.82) is 0 Å². The van der Waals surface area contributed by atoms with Gasteiger partial charge in [-0.25, -0.2) is 9.97 Å². The topological polar surface area (TPSA) is 61.8 Å². The first-order valence-corrected chi connectivity index (χ1v) is 10.4. The van der Waals surface area contributed by atoms with Gasteiger partial charge in [-0.3, -0.25) is 9.69 Å². The summed E-state index contributed by atoms with van der Waals surface area (Å²) in [5.74, 6) is 1.89. The summed E-state index contributed by atoms with van der Waals surface area (Å²) in [5, 5.41) is 0. The van der Waals surface area contributed by atoms with Gasteiger partial charge in [-0.15, -0.1) is 0 Å².